The van der Waals surface area contributed by atoms with Crippen molar-refractivity contribution in [3.63, 3.8) is 0 Å². The Morgan fingerprint density at radius 2 is 1.79 bits per heavy atom. The average Bonchev–Trinajstić information content (AvgIpc) is 2.84. The van der Waals surface area contributed by atoms with Crippen LogP contribution in [0, 0.1) is 0 Å². The molecule has 0 amide bonds. The third-order valence-corrected chi connectivity index (χ3v) is 4.83. The van der Waals surface area contributed by atoms with E-state index in [2.05, 4.69) is 57.5 Å². The smallest absolute Gasteiger partial charge is 0.227 e. The molecule has 0 spiro atoms. The van der Waals surface area contributed by atoms with Gasteiger partial charge in [0.1, 0.15) is 11.7 Å². The lowest BCUT2D eigenvalue weighted by atomic mass is 10.1. The maximum absolute atomic E-state index is 13.9. The molecule has 0 saturated heterocycles. The minimum Gasteiger partial charge on any atom is -0.357 e. The number of halogens is 1. The van der Waals surface area contributed by atoms with Crippen molar-refractivity contribution in [1.29, 1.82) is 0 Å². The molecule has 0 radical (unpaired) electrons. The van der Waals surface area contributed by atoms with Crippen LogP contribution in [0.1, 0.15) is 59.4 Å². The Hall–Kier alpha value is -3.35. The average molecular weight is 467 g/mol. The second kappa shape index (κ2) is 16.3. The highest BCUT2D eigenvalue weighted by atomic mass is 19.1. The van der Waals surface area contributed by atoms with E-state index < -0.39 is 5.83 Å². The first-order chi connectivity index (χ1) is 16.4. The highest BCUT2D eigenvalue weighted by Crippen LogP contribution is 2.18. The van der Waals surface area contributed by atoms with Gasteiger partial charge in [-0.15, -0.1) is 0 Å². The zero-order valence-corrected chi connectivity index (χ0v) is 21.5. The van der Waals surface area contributed by atoms with Crippen LogP contribution in [0.4, 0.5) is 10.3 Å². The van der Waals surface area contributed by atoms with E-state index in [0.29, 0.717) is 0 Å². The standard InChI is InChI=1S/C27H39FN6/c1-8-12-13-25(28)22(6)33-27-31-19-24(20-32-27)23(11-4)18-30-21(5)14-15-26(29-7)34(16-9-2)17-10-3/h8,12-15,18-20H,6,9-11,16-17H2,1-5,7H3,(H,31,32,33)/b12-8-,15-14-,23-18+,25-13+,29-26?,30-21-. The fourth-order valence-corrected chi connectivity index (χ4v) is 3.02. The number of aromatic nitrogens is 2. The number of allylic oxidation sites excluding steroid dienone is 6. The monoisotopic (exact) mass is 466 g/mol. The molecule has 1 rings (SSSR count). The second-order valence-corrected chi connectivity index (χ2v) is 7.62. The van der Waals surface area contributed by atoms with Crippen LogP contribution >= 0.6 is 0 Å². The highest BCUT2D eigenvalue weighted by Gasteiger charge is 2.07. The highest BCUT2D eigenvalue weighted by molar-refractivity contribution is 6.02. The minimum absolute atomic E-state index is 0.107. The van der Waals surface area contributed by atoms with E-state index in [1.807, 2.05) is 39.2 Å². The molecule has 34 heavy (non-hydrogen) atoms. The molecule has 0 saturated carbocycles. The van der Waals surface area contributed by atoms with Gasteiger partial charge in [-0.2, -0.15) is 0 Å². The Bertz CT molecular complexity index is 946. The zero-order valence-electron chi connectivity index (χ0n) is 21.5. The van der Waals surface area contributed by atoms with Crippen LogP contribution in [-0.2, 0) is 0 Å². The van der Waals surface area contributed by atoms with Gasteiger partial charge in [0.05, 0.1) is 5.70 Å². The Morgan fingerprint density at radius 3 is 2.32 bits per heavy atom. The summed E-state index contributed by atoms with van der Waals surface area (Å²) in [4.78, 5) is 19.9. The predicted molar refractivity (Wildman–Crippen MR) is 145 cm³/mol. The van der Waals surface area contributed by atoms with Crippen LogP contribution in [0.15, 0.2) is 77.1 Å². The summed E-state index contributed by atoms with van der Waals surface area (Å²) in [5.74, 6) is 0.778. The van der Waals surface area contributed by atoms with E-state index in [9.17, 15) is 4.39 Å². The molecule has 1 N–H and O–H groups in total. The van der Waals surface area contributed by atoms with E-state index in [0.717, 1.165) is 55.0 Å². The maximum Gasteiger partial charge on any atom is 0.227 e. The molecule has 0 aliphatic heterocycles. The Kier molecular flexibility index (Phi) is 13.7. The third-order valence-electron chi connectivity index (χ3n) is 4.83. The Labute approximate surface area is 204 Å². The number of aliphatic imine (C=N–C) groups is 2. The van der Waals surface area contributed by atoms with Crippen molar-refractivity contribution in [2.45, 2.75) is 53.9 Å². The van der Waals surface area contributed by atoms with Gasteiger partial charge in [-0.05, 0) is 56.9 Å². The summed E-state index contributed by atoms with van der Waals surface area (Å²) in [5.41, 5.74) is 2.84. The van der Waals surface area contributed by atoms with Crippen molar-refractivity contribution in [3.05, 3.63) is 72.6 Å². The molecule has 0 bridgehead atoms. The van der Waals surface area contributed by atoms with Crippen molar-refractivity contribution < 1.29 is 4.39 Å². The van der Waals surface area contributed by atoms with Gasteiger partial charge in [0.15, 0.2) is 0 Å². The van der Waals surface area contributed by atoms with Crippen LogP contribution in [0.25, 0.3) is 5.57 Å². The summed E-state index contributed by atoms with van der Waals surface area (Å²) in [7, 11) is 1.82. The molecule has 0 fully saturated rings. The first-order valence-corrected chi connectivity index (χ1v) is 11.8. The minimum atomic E-state index is -0.471. The molecule has 0 unspecified atom stereocenters. The normalized spacial score (nSPS) is 13.7. The number of nitrogens with one attached hydrogen (secondary N) is 1. The van der Waals surface area contributed by atoms with E-state index in [1.165, 1.54) is 6.08 Å². The van der Waals surface area contributed by atoms with E-state index in [1.54, 1.807) is 24.5 Å². The van der Waals surface area contributed by atoms with Crippen LogP contribution in [0.5, 0.6) is 0 Å². The lowest BCUT2D eigenvalue weighted by molar-refractivity contribution is 0.418. The number of nitrogens with zero attached hydrogens (tertiary/aromatic N) is 5. The summed E-state index contributed by atoms with van der Waals surface area (Å²) < 4.78 is 13.9. The first kappa shape index (κ1) is 28.7. The summed E-state index contributed by atoms with van der Waals surface area (Å²) in [5, 5.41) is 2.78. The Morgan fingerprint density at radius 1 is 1.15 bits per heavy atom. The molecule has 0 aromatic carbocycles. The molecule has 0 atom stereocenters. The molecular formula is C27H39FN6. The lowest BCUT2D eigenvalue weighted by Crippen LogP contribution is -2.31. The van der Waals surface area contributed by atoms with Gasteiger partial charge in [0.25, 0.3) is 0 Å². The zero-order chi connectivity index (χ0) is 25.3. The number of rotatable bonds is 13. The van der Waals surface area contributed by atoms with Crippen LogP contribution in [-0.4, -0.2) is 46.6 Å². The summed E-state index contributed by atoms with van der Waals surface area (Å²) in [6.45, 7) is 15.8. The SMILES string of the molecule is C=C(Nc1ncc(/C(=C/N=C(C)\C=C/C(=NC)N(CCC)CCC)CC)cn1)/C(F)=C\C=C/C. The van der Waals surface area contributed by atoms with Gasteiger partial charge < -0.3 is 10.2 Å². The number of hydrogen-bond acceptors (Lipinski definition) is 5. The van der Waals surface area contributed by atoms with Crippen LogP contribution < -0.4 is 5.32 Å². The third kappa shape index (κ3) is 10.1. The first-order valence-electron chi connectivity index (χ1n) is 11.8. The van der Waals surface area contributed by atoms with Crippen molar-refractivity contribution in [2.24, 2.45) is 9.98 Å². The lowest BCUT2D eigenvalue weighted by Gasteiger charge is -2.23. The van der Waals surface area contributed by atoms with Gasteiger partial charge in [-0.3, -0.25) is 9.98 Å². The molecular weight excluding hydrogens is 427 g/mol. The van der Waals surface area contributed by atoms with Crippen molar-refractivity contribution in [1.82, 2.24) is 14.9 Å². The molecule has 6 nitrogen and oxygen atoms in total. The van der Waals surface area contributed by atoms with E-state index >= 15 is 0 Å². The van der Waals surface area contributed by atoms with Gasteiger partial charge in [-0.25, -0.2) is 14.4 Å². The fourth-order valence-electron chi connectivity index (χ4n) is 3.02. The van der Waals surface area contributed by atoms with Crippen LogP contribution in [0.2, 0.25) is 0 Å². The van der Waals surface area contributed by atoms with E-state index in [4.69, 9.17) is 0 Å². The largest absolute Gasteiger partial charge is 0.357 e. The fraction of sp³-hybridized carbons (Fsp3) is 0.407. The molecule has 0 aliphatic rings. The summed E-state index contributed by atoms with van der Waals surface area (Å²) in [6, 6.07) is 0. The number of amidine groups is 1. The summed E-state index contributed by atoms with van der Waals surface area (Å²) in [6.07, 6.45) is 16.8. The second-order valence-electron chi connectivity index (χ2n) is 7.62. The van der Waals surface area contributed by atoms with Gasteiger partial charge in [-0.1, -0.05) is 39.5 Å². The number of anilines is 1. The van der Waals surface area contributed by atoms with Crippen molar-refractivity contribution in [3.8, 4) is 0 Å². The van der Waals surface area contributed by atoms with Gasteiger partial charge in [0.2, 0.25) is 5.95 Å². The number of hydrogen-bond donors (Lipinski definition) is 1. The molecule has 1 aromatic heterocycles. The van der Waals surface area contributed by atoms with Crippen molar-refractivity contribution in [2.75, 3.05) is 25.5 Å². The van der Waals surface area contributed by atoms with Crippen LogP contribution in [0.3, 0.4) is 0 Å². The van der Waals surface area contributed by atoms with Crippen molar-refractivity contribution >= 4 is 23.1 Å². The molecule has 7 heteroatoms. The topological polar surface area (TPSA) is 65.8 Å². The predicted octanol–water partition coefficient (Wildman–Crippen LogP) is 6.75. The van der Waals surface area contributed by atoms with Gasteiger partial charge >= 0.3 is 0 Å². The molecule has 184 valence electrons. The Balaban J connectivity index is 2.93. The molecule has 0 aliphatic carbocycles. The quantitative estimate of drug-likeness (QED) is 0.198. The van der Waals surface area contributed by atoms with E-state index in [-0.39, 0.29) is 11.6 Å². The summed E-state index contributed by atoms with van der Waals surface area (Å²) >= 11 is 0. The van der Waals surface area contributed by atoms with Gasteiger partial charge in [0, 0.05) is 50.0 Å². The molecule has 1 aromatic rings. The maximum atomic E-state index is 13.9. The molecule has 1 heterocycles.